The summed E-state index contributed by atoms with van der Waals surface area (Å²) in [7, 11) is 1.64. The molecule has 1 aliphatic heterocycles. The number of methoxy groups -OCH3 is 1. The fourth-order valence-corrected chi connectivity index (χ4v) is 2.75. The van der Waals surface area contributed by atoms with Crippen LogP contribution in [0.15, 0.2) is 36.8 Å². The summed E-state index contributed by atoms with van der Waals surface area (Å²) in [6.07, 6.45) is 5.73. The normalized spacial score (nSPS) is 12.8. The highest BCUT2D eigenvalue weighted by Crippen LogP contribution is 2.34. The monoisotopic (exact) mass is 321 g/mol. The third kappa shape index (κ3) is 2.77. The Kier molecular flexibility index (Phi) is 3.90. The molecule has 0 radical (unpaired) electrons. The van der Waals surface area contributed by atoms with Crippen LogP contribution in [0.5, 0.6) is 5.75 Å². The van der Waals surface area contributed by atoms with Crippen LogP contribution in [-0.2, 0) is 6.42 Å². The van der Waals surface area contributed by atoms with Crippen LogP contribution in [-0.4, -0.2) is 12.1 Å². The number of aromatic nitrogens is 1. The third-order valence-corrected chi connectivity index (χ3v) is 4.00. The molecule has 4 nitrogen and oxygen atoms in total. The largest absolute Gasteiger partial charge is 0.497 e. The Labute approximate surface area is 132 Å². The van der Waals surface area contributed by atoms with Crippen molar-refractivity contribution in [2.75, 3.05) is 12.5 Å². The minimum atomic E-state index is 0.567. The molecule has 0 atom stereocenters. The van der Waals surface area contributed by atoms with Gasteiger partial charge in [0.05, 0.1) is 22.8 Å². The van der Waals surface area contributed by atoms with Gasteiger partial charge in [0, 0.05) is 36.6 Å². The lowest BCUT2D eigenvalue weighted by Crippen LogP contribution is -2.21. The van der Waals surface area contributed by atoms with Gasteiger partial charge in [-0.2, -0.15) is 0 Å². The van der Waals surface area contributed by atoms with Crippen LogP contribution in [0.4, 0.5) is 5.69 Å². The predicted molar refractivity (Wildman–Crippen MR) is 85.7 cm³/mol. The highest BCUT2D eigenvalue weighted by atomic mass is 35.5. The van der Waals surface area contributed by atoms with Gasteiger partial charge in [0.2, 0.25) is 0 Å². The van der Waals surface area contributed by atoms with Gasteiger partial charge in [-0.05, 0) is 23.3 Å². The number of hydrogen-bond acceptors (Lipinski definition) is 4. The highest BCUT2D eigenvalue weighted by molar-refractivity contribution is 6.35. The summed E-state index contributed by atoms with van der Waals surface area (Å²) in [6.45, 7) is 0. The number of fused-ring (bicyclic) bond motifs is 1. The molecule has 0 aliphatic carbocycles. The zero-order chi connectivity index (χ0) is 14.8. The van der Waals surface area contributed by atoms with Gasteiger partial charge in [0.25, 0.3) is 0 Å². The standard InChI is InChI=1S/C15H13Cl2N3O/c1-21-10-2-3-11-9(6-19-20-15(11)5-10)4-12-13(16)7-18-8-14(12)17/h2-3,5-8,19-20H,4H2,1H3. The maximum atomic E-state index is 6.19. The van der Waals surface area contributed by atoms with E-state index in [-0.39, 0.29) is 0 Å². The Balaban J connectivity index is 1.96. The van der Waals surface area contributed by atoms with Crippen molar-refractivity contribution in [3.8, 4) is 5.75 Å². The second kappa shape index (κ2) is 5.84. The Hall–Kier alpha value is -1.91. The average molecular weight is 322 g/mol. The number of halogens is 2. The van der Waals surface area contributed by atoms with E-state index in [1.807, 2.05) is 24.4 Å². The SMILES string of the molecule is COc1ccc2c(c1)NNC=C2Cc1c(Cl)cncc1Cl. The zero-order valence-electron chi connectivity index (χ0n) is 11.3. The van der Waals surface area contributed by atoms with Crippen LogP contribution in [0, 0.1) is 0 Å². The Morgan fingerprint density at radius 1 is 1.19 bits per heavy atom. The fourth-order valence-electron chi connectivity index (χ4n) is 2.26. The van der Waals surface area contributed by atoms with Crippen molar-refractivity contribution in [1.29, 1.82) is 0 Å². The van der Waals surface area contributed by atoms with Gasteiger partial charge < -0.3 is 15.6 Å². The predicted octanol–water partition coefficient (Wildman–Crippen LogP) is 3.91. The number of pyridine rings is 1. The van der Waals surface area contributed by atoms with Gasteiger partial charge in [-0.25, -0.2) is 0 Å². The number of rotatable bonds is 3. The van der Waals surface area contributed by atoms with E-state index < -0.39 is 0 Å². The first-order valence-corrected chi connectivity index (χ1v) is 7.11. The van der Waals surface area contributed by atoms with E-state index in [2.05, 4.69) is 15.8 Å². The molecule has 3 rings (SSSR count). The lowest BCUT2D eigenvalue weighted by Gasteiger charge is -2.21. The van der Waals surface area contributed by atoms with Crippen LogP contribution < -0.4 is 15.6 Å². The molecule has 0 fully saturated rings. The maximum absolute atomic E-state index is 6.19. The van der Waals surface area contributed by atoms with Gasteiger partial charge in [0.1, 0.15) is 5.75 Å². The first-order chi connectivity index (χ1) is 10.2. The lowest BCUT2D eigenvalue weighted by atomic mass is 9.97. The van der Waals surface area contributed by atoms with Crippen molar-refractivity contribution in [1.82, 2.24) is 10.4 Å². The van der Waals surface area contributed by atoms with E-state index in [4.69, 9.17) is 27.9 Å². The number of nitrogens with one attached hydrogen (secondary N) is 2. The molecule has 21 heavy (non-hydrogen) atoms. The number of allylic oxidation sites excluding steroid dienone is 1. The number of benzene rings is 1. The summed E-state index contributed by atoms with van der Waals surface area (Å²) < 4.78 is 5.23. The molecular formula is C15H13Cl2N3O. The molecule has 108 valence electrons. The number of ether oxygens (including phenoxy) is 1. The third-order valence-electron chi connectivity index (χ3n) is 3.35. The molecular weight excluding hydrogens is 309 g/mol. The number of hydrazine groups is 1. The van der Waals surface area contributed by atoms with E-state index in [0.717, 1.165) is 28.1 Å². The number of nitrogens with zero attached hydrogens (tertiary/aromatic N) is 1. The maximum Gasteiger partial charge on any atom is 0.121 e. The highest BCUT2D eigenvalue weighted by Gasteiger charge is 2.16. The van der Waals surface area contributed by atoms with Crippen molar-refractivity contribution in [2.24, 2.45) is 0 Å². The Morgan fingerprint density at radius 3 is 2.67 bits per heavy atom. The summed E-state index contributed by atoms with van der Waals surface area (Å²) in [5, 5.41) is 1.13. The molecule has 0 unspecified atom stereocenters. The van der Waals surface area contributed by atoms with Gasteiger partial charge in [-0.1, -0.05) is 23.2 Å². The van der Waals surface area contributed by atoms with Gasteiger partial charge in [0.15, 0.2) is 0 Å². The molecule has 1 aromatic heterocycles. The zero-order valence-corrected chi connectivity index (χ0v) is 12.8. The Bertz CT molecular complexity index is 696. The van der Waals surface area contributed by atoms with Crippen molar-refractivity contribution in [3.63, 3.8) is 0 Å². The Morgan fingerprint density at radius 2 is 1.95 bits per heavy atom. The molecule has 2 N–H and O–H groups in total. The average Bonchev–Trinajstić information content (AvgIpc) is 2.50. The smallest absolute Gasteiger partial charge is 0.121 e. The van der Waals surface area contributed by atoms with Crippen LogP contribution >= 0.6 is 23.2 Å². The summed E-state index contributed by atoms with van der Waals surface area (Å²) in [6, 6.07) is 5.87. The lowest BCUT2D eigenvalue weighted by molar-refractivity contribution is 0.415. The molecule has 1 aromatic carbocycles. The summed E-state index contributed by atoms with van der Waals surface area (Å²) in [4.78, 5) is 3.98. The van der Waals surface area contributed by atoms with Crippen molar-refractivity contribution >= 4 is 34.5 Å². The quantitative estimate of drug-likeness (QED) is 0.899. The van der Waals surface area contributed by atoms with Crippen molar-refractivity contribution in [3.05, 3.63) is 58.0 Å². The van der Waals surface area contributed by atoms with E-state index in [9.17, 15) is 0 Å². The van der Waals surface area contributed by atoms with Crippen LogP contribution in [0.3, 0.4) is 0 Å². The second-order valence-electron chi connectivity index (χ2n) is 4.61. The van der Waals surface area contributed by atoms with E-state index in [0.29, 0.717) is 16.5 Å². The number of hydrogen-bond donors (Lipinski definition) is 2. The summed E-state index contributed by atoms with van der Waals surface area (Å²) in [5.41, 5.74) is 10.1. The number of anilines is 1. The second-order valence-corrected chi connectivity index (χ2v) is 5.42. The first kappa shape index (κ1) is 14.0. The minimum Gasteiger partial charge on any atom is -0.497 e. The fraction of sp³-hybridized carbons (Fsp3) is 0.133. The summed E-state index contributed by atoms with van der Waals surface area (Å²) >= 11 is 12.4. The molecule has 0 amide bonds. The molecule has 2 heterocycles. The topological polar surface area (TPSA) is 46.2 Å². The van der Waals surface area contributed by atoms with Gasteiger partial charge in [-0.3, -0.25) is 4.98 Å². The van der Waals surface area contributed by atoms with Crippen molar-refractivity contribution in [2.45, 2.75) is 6.42 Å². The van der Waals surface area contributed by atoms with E-state index >= 15 is 0 Å². The molecule has 0 spiro atoms. The van der Waals surface area contributed by atoms with Crippen LogP contribution in [0.1, 0.15) is 11.1 Å². The molecule has 0 saturated heterocycles. The van der Waals surface area contributed by atoms with Crippen LogP contribution in [0.25, 0.3) is 5.57 Å². The van der Waals surface area contributed by atoms with Gasteiger partial charge in [-0.15, -0.1) is 0 Å². The molecule has 2 aromatic rings. The molecule has 0 bridgehead atoms. The van der Waals surface area contributed by atoms with E-state index in [1.165, 1.54) is 0 Å². The van der Waals surface area contributed by atoms with Gasteiger partial charge >= 0.3 is 0 Å². The molecule has 6 heteroatoms. The van der Waals surface area contributed by atoms with Crippen LogP contribution in [0.2, 0.25) is 10.0 Å². The summed E-state index contributed by atoms with van der Waals surface area (Å²) in [5.74, 6) is 0.796. The first-order valence-electron chi connectivity index (χ1n) is 6.36. The van der Waals surface area contributed by atoms with E-state index in [1.54, 1.807) is 19.5 Å². The molecule has 0 saturated carbocycles. The molecule has 1 aliphatic rings. The minimum absolute atomic E-state index is 0.567. The van der Waals surface area contributed by atoms with Crippen molar-refractivity contribution < 1.29 is 4.74 Å².